The van der Waals surface area contributed by atoms with Crippen molar-refractivity contribution >= 4 is 11.8 Å². The van der Waals surface area contributed by atoms with Crippen molar-refractivity contribution in [2.45, 2.75) is 46.6 Å². The van der Waals surface area contributed by atoms with E-state index in [1.807, 2.05) is 31.2 Å². The number of benzene rings is 1. The van der Waals surface area contributed by atoms with E-state index in [4.69, 9.17) is 0 Å². The second-order valence-electron chi connectivity index (χ2n) is 5.35. The average Bonchev–Trinajstić information content (AvgIpc) is 2.45. The molecule has 0 saturated heterocycles. The summed E-state index contributed by atoms with van der Waals surface area (Å²) in [7, 11) is 0. The first-order chi connectivity index (χ1) is 10.0. The molecule has 0 unspecified atom stereocenters. The van der Waals surface area contributed by atoms with Gasteiger partial charge in [0.15, 0.2) is 0 Å². The smallest absolute Gasteiger partial charge is 0.239 e. The third-order valence-corrected chi connectivity index (χ3v) is 3.55. The molecule has 21 heavy (non-hydrogen) atoms. The van der Waals surface area contributed by atoms with Crippen LogP contribution in [0.15, 0.2) is 24.3 Å². The molecule has 0 saturated carbocycles. The molecular formula is C17H26N2O2. The summed E-state index contributed by atoms with van der Waals surface area (Å²) in [5.74, 6) is -0.151. The number of unbranched alkanes of at least 4 members (excludes halogenated alkanes) is 2. The molecule has 1 rings (SSSR count). The Bertz CT molecular complexity index is 472. The van der Waals surface area contributed by atoms with Gasteiger partial charge in [-0.15, -0.1) is 0 Å². The number of hydrogen-bond donors (Lipinski definition) is 1. The lowest BCUT2D eigenvalue weighted by Gasteiger charge is -2.20. The normalized spacial score (nSPS) is 10.2. The maximum Gasteiger partial charge on any atom is 0.239 e. The Morgan fingerprint density at radius 2 is 1.90 bits per heavy atom. The number of nitrogens with zero attached hydrogens (tertiary/aromatic N) is 1. The third-order valence-electron chi connectivity index (χ3n) is 3.55. The number of nitrogens with one attached hydrogen (secondary N) is 1. The van der Waals surface area contributed by atoms with Crippen LogP contribution in [0.25, 0.3) is 0 Å². The van der Waals surface area contributed by atoms with E-state index in [0.29, 0.717) is 13.1 Å². The van der Waals surface area contributed by atoms with Crippen molar-refractivity contribution in [3.05, 3.63) is 35.4 Å². The summed E-state index contributed by atoms with van der Waals surface area (Å²) in [5, 5.41) is 2.88. The number of carbonyl (C=O) groups is 2. The molecule has 0 spiro atoms. The minimum absolute atomic E-state index is 0.0443. The molecule has 0 fully saturated rings. The lowest BCUT2D eigenvalue weighted by atomic mass is 10.1. The van der Waals surface area contributed by atoms with Gasteiger partial charge in [0.1, 0.15) is 0 Å². The summed E-state index contributed by atoms with van der Waals surface area (Å²) in [6, 6.07) is 7.96. The van der Waals surface area contributed by atoms with Gasteiger partial charge in [-0.3, -0.25) is 9.59 Å². The summed E-state index contributed by atoms with van der Waals surface area (Å²) >= 11 is 0. The molecule has 1 N–H and O–H groups in total. The lowest BCUT2D eigenvalue weighted by molar-refractivity contribution is -0.134. The Balaban J connectivity index is 2.43. The highest BCUT2D eigenvalue weighted by molar-refractivity contribution is 5.83. The predicted octanol–water partition coefficient (Wildman–Crippen LogP) is 2.65. The van der Waals surface area contributed by atoms with Crippen molar-refractivity contribution in [3.8, 4) is 0 Å². The standard InChI is InChI=1S/C17H26N2O2/c1-4-5-8-11-19(15(3)20)13-17(21)18-12-16-10-7-6-9-14(16)2/h6-7,9-10H,4-5,8,11-13H2,1-3H3,(H,18,21). The van der Waals surface area contributed by atoms with Crippen molar-refractivity contribution in [1.82, 2.24) is 10.2 Å². The van der Waals surface area contributed by atoms with E-state index in [1.54, 1.807) is 4.90 Å². The van der Waals surface area contributed by atoms with Crippen LogP contribution >= 0.6 is 0 Å². The van der Waals surface area contributed by atoms with Crippen LogP contribution in [-0.4, -0.2) is 29.8 Å². The van der Waals surface area contributed by atoms with Crippen LogP contribution in [0.2, 0.25) is 0 Å². The Hall–Kier alpha value is -1.84. The molecule has 1 aromatic carbocycles. The highest BCUT2D eigenvalue weighted by Crippen LogP contribution is 2.06. The van der Waals surface area contributed by atoms with Gasteiger partial charge in [-0.2, -0.15) is 0 Å². The van der Waals surface area contributed by atoms with Crippen LogP contribution in [0.3, 0.4) is 0 Å². The van der Waals surface area contributed by atoms with Gasteiger partial charge >= 0.3 is 0 Å². The molecular weight excluding hydrogens is 264 g/mol. The molecule has 0 radical (unpaired) electrons. The minimum atomic E-state index is -0.107. The molecule has 2 amide bonds. The van der Waals surface area contributed by atoms with Crippen LogP contribution < -0.4 is 5.32 Å². The van der Waals surface area contributed by atoms with Gasteiger partial charge in [0.2, 0.25) is 11.8 Å². The van der Waals surface area contributed by atoms with E-state index in [0.717, 1.165) is 30.4 Å². The summed E-state index contributed by atoms with van der Waals surface area (Å²) in [6.07, 6.45) is 3.13. The van der Waals surface area contributed by atoms with Gasteiger partial charge in [-0.1, -0.05) is 44.0 Å². The number of carbonyl (C=O) groups excluding carboxylic acids is 2. The Morgan fingerprint density at radius 3 is 2.52 bits per heavy atom. The Labute approximate surface area is 127 Å². The molecule has 4 heteroatoms. The summed E-state index contributed by atoms with van der Waals surface area (Å²) in [6.45, 7) is 6.96. The third kappa shape index (κ3) is 6.43. The van der Waals surface area contributed by atoms with Crippen molar-refractivity contribution < 1.29 is 9.59 Å². The fourth-order valence-electron chi connectivity index (χ4n) is 2.13. The molecule has 0 aliphatic rings. The number of hydrogen-bond acceptors (Lipinski definition) is 2. The van der Waals surface area contributed by atoms with Gasteiger partial charge in [0.05, 0.1) is 6.54 Å². The monoisotopic (exact) mass is 290 g/mol. The van der Waals surface area contributed by atoms with Gasteiger partial charge < -0.3 is 10.2 Å². The van der Waals surface area contributed by atoms with Crippen LogP contribution in [0.1, 0.15) is 44.2 Å². The SMILES string of the molecule is CCCCCN(CC(=O)NCc1ccccc1C)C(C)=O. The van der Waals surface area contributed by atoms with E-state index in [-0.39, 0.29) is 18.4 Å². The topological polar surface area (TPSA) is 49.4 Å². The van der Waals surface area contributed by atoms with E-state index in [1.165, 1.54) is 6.92 Å². The van der Waals surface area contributed by atoms with Crippen molar-refractivity contribution in [3.63, 3.8) is 0 Å². The quantitative estimate of drug-likeness (QED) is 0.748. The van der Waals surface area contributed by atoms with E-state index < -0.39 is 0 Å². The molecule has 0 aromatic heterocycles. The first-order valence-electron chi connectivity index (χ1n) is 7.61. The van der Waals surface area contributed by atoms with Crippen LogP contribution in [0, 0.1) is 6.92 Å². The van der Waals surface area contributed by atoms with E-state index in [2.05, 4.69) is 12.2 Å². The van der Waals surface area contributed by atoms with Crippen LogP contribution in [0.5, 0.6) is 0 Å². The zero-order chi connectivity index (χ0) is 15.7. The molecule has 0 aliphatic heterocycles. The summed E-state index contributed by atoms with van der Waals surface area (Å²) in [4.78, 5) is 25.1. The Morgan fingerprint density at radius 1 is 1.19 bits per heavy atom. The van der Waals surface area contributed by atoms with Crippen LogP contribution in [-0.2, 0) is 16.1 Å². The van der Waals surface area contributed by atoms with E-state index >= 15 is 0 Å². The zero-order valence-corrected chi connectivity index (χ0v) is 13.3. The summed E-state index contributed by atoms with van der Waals surface area (Å²) < 4.78 is 0. The predicted molar refractivity (Wildman–Crippen MR) is 84.8 cm³/mol. The van der Waals surface area contributed by atoms with Gasteiger partial charge in [-0.25, -0.2) is 0 Å². The Kier molecular flexibility index (Phi) is 7.51. The highest BCUT2D eigenvalue weighted by atomic mass is 16.2. The fraction of sp³-hybridized carbons (Fsp3) is 0.529. The molecule has 0 bridgehead atoms. The number of aryl methyl sites for hydroxylation is 1. The average molecular weight is 290 g/mol. The van der Waals surface area contributed by atoms with E-state index in [9.17, 15) is 9.59 Å². The zero-order valence-electron chi connectivity index (χ0n) is 13.3. The van der Waals surface area contributed by atoms with Gasteiger partial charge in [0, 0.05) is 20.0 Å². The van der Waals surface area contributed by atoms with Crippen molar-refractivity contribution in [2.24, 2.45) is 0 Å². The maximum absolute atomic E-state index is 12.0. The van der Waals surface area contributed by atoms with Crippen molar-refractivity contribution in [1.29, 1.82) is 0 Å². The molecule has 1 aromatic rings. The molecule has 0 atom stereocenters. The van der Waals surface area contributed by atoms with Gasteiger partial charge in [0.25, 0.3) is 0 Å². The van der Waals surface area contributed by atoms with Crippen molar-refractivity contribution in [2.75, 3.05) is 13.1 Å². The maximum atomic E-state index is 12.0. The molecule has 0 heterocycles. The van der Waals surface area contributed by atoms with Crippen LogP contribution in [0.4, 0.5) is 0 Å². The molecule has 116 valence electrons. The summed E-state index contributed by atoms with van der Waals surface area (Å²) in [5.41, 5.74) is 2.26. The fourth-order valence-corrected chi connectivity index (χ4v) is 2.13. The number of amides is 2. The molecule has 0 aliphatic carbocycles. The minimum Gasteiger partial charge on any atom is -0.350 e. The highest BCUT2D eigenvalue weighted by Gasteiger charge is 2.13. The largest absolute Gasteiger partial charge is 0.350 e. The first-order valence-corrected chi connectivity index (χ1v) is 7.61. The second-order valence-corrected chi connectivity index (χ2v) is 5.35. The lowest BCUT2D eigenvalue weighted by Crippen LogP contribution is -2.40. The number of rotatable bonds is 8. The first kappa shape index (κ1) is 17.2. The van der Waals surface area contributed by atoms with Gasteiger partial charge in [-0.05, 0) is 24.5 Å². The second kappa shape index (κ2) is 9.16. The molecule has 4 nitrogen and oxygen atoms in total.